The molecule has 1 unspecified atom stereocenters. The summed E-state index contributed by atoms with van der Waals surface area (Å²) in [7, 11) is 0. The van der Waals surface area contributed by atoms with Crippen LogP contribution in [0.25, 0.3) is 11.5 Å². The van der Waals surface area contributed by atoms with E-state index in [2.05, 4.69) is 20.9 Å². The zero-order chi connectivity index (χ0) is 15.6. The van der Waals surface area contributed by atoms with Gasteiger partial charge in [0.15, 0.2) is 11.5 Å². The van der Waals surface area contributed by atoms with E-state index < -0.39 is 0 Å². The monoisotopic (exact) mass is 349 g/mol. The predicted octanol–water partition coefficient (Wildman–Crippen LogP) is 2.34. The Bertz CT molecular complexity index is 805. The molecule has 0 aliphatic carbocycles. The minimum atomic E-state index is -0.351. The van der Waals surface area contributed by atoms with Gasteiger partial charge in [-0.1, -0.05) is 5.16 Å². The SMILES string of the molecule is Cl.O=C(Nc1cnn(C2CCNC2)c1)c1cc(-c2ccco2)on1. The van der Waals surface area contributed by atoms with Crippen LogP contribution in [0, 0.1) is 0 Å². The summed E-state index contributed by atoms with van der Waals surface area (Å²) in [5.74, 6) is 0.585. The summed E-state index contributed by atoms with van der Waals surface area (Å²) in [6.07, 6.45) is 6.02. The van der Waals surface area contributed by atoms with Crippen LogP contribution in [0.2, 0.25) is 0 Å². The van der Waals surface area contributed by atoms with Gasteiger partial charge in [-0.15, -0.1) is 12.4 Å². The van der Waals surface area contributed by atoms with E-state index >= 15 is 0 Å². The molecule has 0 spiro atoms. The van der Waals surface area contributed by atoms with Gasteiger partial charge in [-0.25, -0.2) is 0 Å². The third kappa shape index (κ3) is 3.19. The maximum atomic E-state index is 12.2. The first kappa shape index (κ1) is 16.3. The van der Waals surface area contributed by atoms with E-state index in [-0.39, 0.29) is 24.0 Å². The molecule has 0 saturated carbocycles. The summed E-state index contributed by atoms with van der Waals surface area (Å²) in [5, 5.41) is 14.1. The number of nitrogens with one attached hydrogen (secondary N) is 2. The maximum absolute atomic E-state index is 12.2. The van der Waals surface area contributed by atoms with Gasteiger partial charge < -0.3 is 19.6 Å². The molecule has 1 fully saturated rings. The Morgan fingerprint density at radius 2 is 2.33 bits per heavy atom. The molecule has 1 amide bonds. The average molecular weight is 350 g/mol. The van der Waals surface area contributed by atoms with Crippen LogP contribution in [-0.4, -0.2) is 33.9 Å². The Morgan fingerprint density at radius 3 is 3.08 bits per heavy atom. The molecule has 1 aliphatic heterocycles. The topological polar surface area (TPSA) is 98.1 Å². The summed E-state index contributed by atoms with van der Waals surface area (Å²) < 4.78 is 12.2. The molecular formula is C15H16ClN5O3. The Kier molecular flexibility index (Phi) is 4.68. The predicted molar refractivity (Wildman–Crippen MR) is 88.2 cm³/mol. The molecule has 1 saturated heterocycles. The van der Waals surface area contributed by atoms with E-state index in [9.17, 15) is 4.79 Å². The van der Waals surface area contributed by atoms with Crippen LogP contribution in [0.5, 0.6) is 0 Å². The van der Waals surface area contributed by atoms with E-state index in [1.54, 1.807) is 24.4 Å². The highest BCUT2D eigenvalue weighted by molar-refractivity contribution is 6.03. The molecule has 4 heterocycles. The van der Waals surface area contributed by atoms with Crippen molar-refractivity contribution < 1.29 is 13.7 Å². The minimum absolute atomic E-state index is 0. The van der Waals surface area contributed by atoms with Gasteiger partial charge in [0, 0.05) is 18.8 Å². The highest BCUT2D eigenvalue weighted by Gasteiger charge is 2.19. The normalized spacial score (nSPS) is 16.8. The van der Waals surface area contributed by atoms with Crippen molar-refractivity contribution in [2.45, 2.75) is 12.5 Å². The van der Waals surface area contributed by atoms with Crippen LogP contribution < -0.4 is 10.6 Å². The zero-order valence-electron chi connectivity index (χ0n) is 12.6. The zero-order valence-corrected chi connectivity index (χ0v) is 13.5. The highest BCUT2D eigenvalue weighted by atomic mass is 35.5. The lowest BCUT2D eigenvalue weighted by atomic mass is 10.3. The molecule has 2 N–H and O–H groups in total. The summed E-state index contributed by atoms with van der Waals surface area (Å²) in [5.41, 5.74) is 0.816. The molecule has 1 atom stereocenters. The van der Waals surface area contributed by atoms with Crippen LogP contribution >= 0.6 is 12.4 Å². The van der Waals surface area contributed by atoms with E-state index in [1.807, 2.05) is 10.9 Å². The molecule has 0 aromatic carbocycles. The van der Waals surface area contributed by atoms with Crippen molar-refractivity contribution in [1.29, 1.82) is 0 Å². The fourth-order valence-corrected chi connectivity index (χ4v) is 2.58. The third-order valence-electron chi connectivity index (χ3n) is 3.77. The second kappa shape index (κ2) is 6.90. The number of hydrogen-bond acceptors (Lipinski definition) is 6. The van der Waals surface area contributed by atoms with E-state index in [4.69, 9.17) is 8.94 Å². The van der Waals surface area contributed by atoms with Gasteiger partial charge in [0.05, 0.1) is 24.2 Å². The second-order valence-corrected chi connectivity index (χ2v) is 5.36. The van der Waals surface area contributed by atoms with Gasteiger partial charge in [0.2, 0.25) is 5.76 Å². The highest BCUT2D eigenvalue weighted by Crippen LogP contribution is 2.21. The number of furan rings is 1. The molecule has 3 aromatic rings. The van der Waals surface area contributed by atoms with Crippen molar-refractivity contribution >= 4 is 24.0 Å². The first-order valence-electron chi connectivity index (χ1n) is 7.36. The number of carbonyl (C=O) groups is 1. The summed E-state index contributed by atoms with van der Waals surface area (Å²) in [4.78, 5) is 12.2. The summed E-state index contributed by atoms with van der Waals surface area (Å²) >= 11 is 0. The number of hydrogen-bond donors (Lipinski definition) is 2. The van der Waals surface area contributed by atoms with Gasteiger partial charge in [-0.05, 0) is 25.1 Å². The number of amides is 1. The maximum Gasteiger partial charge on any atom is 0.277 e. The van der Waals surface area contributed by atoms with Crippen LogP contribution in [0.4, 0.5) is 5.69 Å². The molecule has 0 bridgehead atoms. The lowest BCUT2D eigenvalue weighted by Gasteiger charge is -2.07. The Hall–Kier alpha value is -2.58. The second-order valence-electron chi connectivity index (χ2n) is 5.36. The minimum Gasteiger partial charge on any atom is -0.461 e. The van der Waals surface area contributed by atoms with E-state index in [0.717, 1.165) is 19.5 Å². The average Bonchev–Trinajstić information content (AvgIpc) is 3.30. The number of anilines is 1. The summed E-state index contributed by atoms with van der Waals surface area (Å²) in [6.45, 7) is 1.88. The fraction of sp³-hybridized carbons (Fsp3) is 0.267. The van der Waals surface area contributed by atoms with Crippen molar-refractivity contribution in [2.24, 2.45) is 0 Å². The molecule has 8 nitrogen and oxygen atoms in total. The standard InChI is InChI=1S/C15H15N5O3.ClH/c21-15(12-6-14(23-19-12)13-2-1-5-22-13)18-10-7-17-20(9-10)11-3-4-16-8-11;/h1-2,5-7,9,11,16H,3-4,8H2,(H,18,21);1H. The van der Waals surface area contributed by atoms with E-state index in [1.165, 1.54) is 6.26 Å². The molecule has 9 heteroatoms. The molecule has 1 aliphatic rings. The first-order valence-corrected chi connectivity index (χ1v) is 7.36. The van der Waals surface area contributed by atoms with Crippen molar-refractivity contribution in [1.82, 2.24) is 20.3 Å². The largest absolute Gasteiger partial charge is 0.461 e. The number of halogens is 1. The quantitative estimate of drug-likeness (QED) is 0.750. The fourth-order valence-electron chi connectivity index (χ4n) is 2.58. The molecule has 24 heavy (non-hydrogen) atoms. The lowest BCUT2D eigenvalue weighted by molar-refractivity contribution is 0.101. The smallest absolute Gasteiger partial charge is 0.277 e. The lowest BCUT2D eigenvalue weighted by Crippen LogP contribution is -2.14. The molecular weight excluding hydrogens is 334 g/mol. The van der Waals surface area contributed by atoms with Gasteiger partial charge in [-0.2, -0.15) is 5.10 Å². The van der Waals surface area contributed by atoms with Crippen LogP contribution in [-0.2, 0) is 0 Å². The Morgan fingerprint density at radius 1 is 1.42 bits per heavy atom. The van der Waals surface area contributed by atoms with Gasteiger partial charge in [0.25, 0.3) is 5.91 Å². The molecule has 126 valence electrons. The van der Waals surface area contributed by atoms with E-state index in [0.29, 0.717) is 23.2 Å². The number of aromatic nitrogens is 3. The first-order chi connectivity index (χ1) is 11.3. The van der Waals surface area contributed by atoms with Gasteiger partial charge >= 0.3 is 0 Å². The van der Waals surface area contributed by atoms with Crippen molar-refractivity contribution in [3.63, 3.8) is 0 Å². The third-order valence-corrected chi connectivity index (χ3v) is 3.77. The number of carbonyl (C=O) groups excluding carboxylic acids is 1. The molecule has 0 radical (unpaired) electrons. The Labute approximate surface area is 143 Å². The van der Waals surface area contributed by atoms with Crippen molar-refractivity contribution in [2.75, 3.05) is 18.4 Å². The number of nitrogens with zero attached hydrogens (tertiary/aromatic N) is 3. The Balaban J connectivity index is 0.00000169. The van der Waals surface area contributed by atoms with Crippen LogP contribution in [0.15, 0.2) is 45.8 Å². The number of rotatable bonds is 4. The van der Waals surface area contributed by atoms with Gasteiger partial charge in [-0.3, -0.25) is 9.48 Å². The van der Waals surface area contributed by atoms with Crippen molar-refractivity contribution in [3.05, 3.63) is 42.5 Å². The van der Waals surface area contributed by atoms with Crippen LogP contribution in [0.1, 0.15) is 23.0 Å². The van der Waals surface area contributed by atoms with Crippen LogP contribution in [0.3, 0.4) is 0 Å². The van der Waals surface area contributed by atoms with Crippen molar-refractivity contribution in [3.8, 4) is 11.5 Å². The summed E-state index contributed by atoms with van der Waals surface area (Å²) in [6, 6.07) is 5.35. The molecule has 4 rings (SSSR count). The van der Waals surface area contributed by atoms with Gasteiger partial charge in [0.1, 0.15) is 0 Å². The molecule has 3 aromatic heterocycles.